The van der Waals surface area contributed by atoms with Crippen molar-refractivity contribution >= 4 is 6.09 Å². The molecule has 1 amide bonds. The van der Waals surface area contributed by atoms with Crippen LogP contribution < -0.4 is 4.74 Å². The molecule has 0 atom stereocenters. The maximum Gasteiger partial charge on any atom is 0.407 e. The molecule has 17 heavy (non-hydrogen) atoms. The molecule has 0 aliphatic carbocycles. The number of ether oxygens (including phenoxy) is 1. The Balaban J connectivity index is 2.46. The van der Waals surface area contributed by atoms with Gasteiger partial charge in [0.2, 0.25) is 0 Å². The summed E-state index contributed by atoms with van der Waals surface area (Å²) < 4.78 is 19.2. The number of amides is 1. The van der Waals surface area contributed by atoms with Crippen molar-refractivity contribution in [2.75, 3.05) is 6.54 Å². The first-order valence-electron chi connectivity index (χ1n) is 5.33. The normalized spacial score (nSPS) is 17.9. The number of rotatable bonds is 0. The highest BCUT2D eigenvalue weighted by Gasteiger charge is 2.32. The van der Waals surface area contributed by atoms with Crippen molar-refractivity contribution in [3.63, 3.8) is 0 Å². The van der Waals surface area contributed by atoms with E-state index in [0.29, 0.717) is 5.56 Å². The molecule has 0 spiro atoms. The molecule has 1 aromatic carbocycles. The maximum absolute atomic E-state index is 13.6. The molecular formula is C12H14FNO3. The van der Waals surface area contributed by atoms with Gasteiger partial charge in [-0.3, -0.25) is 4.90 Å². The van der Waals surface area contributed by atoms with Gasteiger partial charge in [-0.25, -0.2) is 9.18 Å². The maximum atomic E-state index is 13.6. The smallest absolute Gasteiger partial charge is 0.407 e. The molecule has 4 nitrogen and oxygen atoms in total. The van der Waals surface area contributed by atoms with Gasteiger partial charge in [-0.05, 0) is 19.9 Å². The number of fused-ring (bicyclic) bond motifs is 1. The van der Waals surface area contributed by atoms with Gasteiger partial charge in [0.25, 0.3) is 0 Å². The van der Waals surface area contributed by atoms with E-state index in [0.717, 1.165) is 0 Å². The number of carboxylic acid groups (broad SMARTS) is 1. The summed E-state index contributed by atoms with van der Waals surface area (Å²) in [5, 5.41) is 9.07. The van der Waals surface area contributed by atoms with Crippen LogP contribution in [0.2, 0.25) is 0 Å². The van der Waals surface area contributed by atoms with E-state index in [9.17, 15) is 9.18 Å². The second-order valence-electron chi connectivity index (χ2n) is 4.73. The fourth-order valence-corrected chi connectivity index (χ4v) is 1.96. The fraction of sp³-hybridized carbons (Fsp3) is 0.417. The molecule has 1 aliphatic heterocycles. The SMILES string of the molecule is CC1(C)CN(C(=O)O)Cc2cccc(F)c2O1. The Kier molecular flexibility index (Phi) is 2.69. The van der Waals surface area contributed by atoms with Crippen LogP contribution in [0.1, 0.15) is 19.4 Å². The fourth-order valence-electron chi connectivity index (χ4n) is 1.96. The lowest BCUT2D eigenvalue weighted by Crippen LogP contribution is -2.42. The molecule has 0 bridgehead atoms. The van der Waals surface area contributed by atoms with E-state index in [-0.39, 0.29) is 18.8 Å². The van der Waals surface area contributed by atoms with Crippen LogP contribution in [0.15, 0.2) is 18.2 Å². The summed E-state index contributed by atoms with van der Waals surface area (Å²) in [4.78, 5) is 12.3. The Morgan fingerprint density at radius 1 is 1.53 bits per heavy atom. The van der Waals surface area contributed by atoms with Crippen LogP contribution in [0.25, 0.3) is 0 Å². The molecule has 5 heteroatoms. The van der Waals surface area contributed by atoms with Crippen LogP contribution in [0, 0.1) is 5.82 Å². The molecule has 1 N–H and O–H groups in total. The van der Waals surface area contributed by atoms with Gasteiger partial charge in [-0.15, -0.1) is 0 Å². The average molecular weight is 239 g/mol. The lowest BCUT2D eigenvalue weighted by molar-refractivity contribution is 0.0645. The van der Waals surface area contributed by atoms with E-state index in [4.69, 9.17) is 9.84 Å². The molecule has 1 aromatic rings. The summed E-state index contributed by atoms with van der Waals surface area (Å²) >= 11 is 0. The predicted molar refractivity (Wildman–Crippen MR) is 59.5 cm³/mol. The highest BCUT2D eigenvalue weighted by Crippen LogP contribution is 2.31. The average Bonchev–Trinajstić information content (AvgIpc) is 2.34. The molecule has 0 unspecified atom stereocenters. The minimum absolute atomic E-state index is 0.145. The first-order valence-corrected chi connectivity index (χ1v) is 5.33. The third-order valence-corrected chi connectivity index (χ3v) is 2.63. The van der Waals surface area contributed by atoms with Crippen LogP contribution in [0.3, 0.4) is 0 Å². The van der Waals surface area contributed by atoms with E-state index >= 15 is 0 Å². The van der Waals surface area contributed by atoms with Crippen molar-refractivity contribution in [3.05, 3.63) is 29.6 Å². The summed E-state index contributed by atoms with van der Waals surface area (Å²) in [5.74, 6) is -0.302. The standard InChI is InChI=1S/C12H14FNO3/c1-12(2)7-14(11(15)16)6-8-4-3-5-9(13)10(8)17-12/h3-5H,6-7H2,1-2H3,(H,15,16). The Bertz CT molecular complexity index is 459. The van der Waals surface area contributed by atoms with Crippen LogP contribution in [-0.4, -0.2) is 28.2 Å². The van der Waals surface area contributed by atoms with Gasteiger partial charge in [0.1, 0.15) is 5.60 Å². The Hall–Kier alpha value is -1.78. The van der Waals surface area contributed by atoms with Gasteiger partial charge in [0.05, 0.1) is 13.1 Å². The molecule has 0 radical (unpaired) electrons. The molecule has 0 saturated carbocycles. The minimum Gasteiger partial charge on any atom is -0.483 e. The van der Waals surface area contributed by atoms with Gasteiger partial charge in [-0.1, -0.05) is 12.1 Å². The number of hydrogen-bond acceptors (Lipinski definition) is 2. The van der Waals surface area contributed by atoms with Gasteiger partial charge in [0.15, 0.2) is 11.6 Å². The molecule has 0 saturated heterocycles. The van der Waals surface area contributed by atoms with Gasteiger partial charge < -0.3 is 9.84 Å². The van der Waals surface area contributed by atoms with Gasteiger partial charge in [-0.2, -0.15) is 0 Å². The molecule has 2 rings (SSSR count). The van der Waals surface area contributed by atoms with Crippen LogP contribution in [-0.2, 0) is 6.54 Å². The molecule has 0 aromatic heterocycles. The van der Waals surface area contributed by atoms with Crippen LogP contribution >= 0.6 is 0 Å². The van der Waals surface area contributed by atoms with E-state index in [1.165, 1.54) is 11.0 Å². The van der Waals surface area contributed by atoms with Crippen molar-refractivity contribution in [2.45, 2.75) is 26.0 Å². The molecule has 1 heterocycles. The number of carbonyl (C=O) groups is 1. The predicted octanol–water partition coefficient (Wildman–Crippen LogP) is 2.48. The zero-order valence-corrected chi connectivity index (χ0v) is 9.74. The minimum atomic E-state index is -1.03. The van der Waals surface area contributed by atoms with Gasteiger partial charge in [0, 0.05) is 5.56 Å². The Labute approximate surface area is 98.6 Å². The number of hydrogen-bond donors (Lipinski definition) is 1. The largest absolute Gasteiger partial charge is 0.483 e. The van der Waals surface area contributed by atoms with Crippen molar-refractivity contribution in [1.82, 2.24) is 4.90 Å². The van der Waals surface area contributed by atoms with Crippen LogP contribution in [0.5, 0.6) is 5.75 Å². The zero-order chi connectivity index (χ0) is 12.6. The highest BCUT2D eigenvalue weighted by atomic mass is 19.1. The second kappa shape index (κ2) is 3.91. The second-order valence-corrected chi connectivity index (χ2v) is 4.73. The van der Waals surface area contributed by atoms with Crippen molar-refractivity contribution < 1.29 is 19.0 Å². The topological polar surface area (TPSA) is 49.8 Å². The molecule has 0 fully saturated rings. The Morgan fingerprint density at radius 2 is 2.24 bits per heavy atom. The third-order valence-electron chi connectivity index (χ3n) is 2.63. The first-order chi connectivity index (χ1) is 7.89. The lowest BCUT2D eigenvalue weighted by atomic mass is 10.1. The summed E-state index contributed by atoms with van der Waals surface area (Å²) in [7, 11) is 0. The highest BCUT2D eigenvalue weighted by molar-refractivity contribution is 5.65. The number of halogens is 1. The zero-order valence-electron chi connectivity index (χ0n) is 9.74. The Morgan fingerprint density at radius 3 is 2.88 bits per heavy atom. The van der Waals surface area contributed by atoms with Gasteiger partial charge >= 0.3 is 6.09 Å². The van der Waals surface area contributed by atoms with E-state index in [1.807, 2.05) is 0 Å². The quantitative estimate of drug-likeness (QED) is 0.756. The number of nitrogens with zero attached hydrogens (tertiary/aromatic N) is 1. The molecular weight excluding hydrogens is 225 g/mol. The van der Waals surface area contributed by atoms with Crippen molar-refractivity contribution in [3.8, 4) is 5.75 Å². The number of para-hydroxylation sites is 1. The van der Waals surface area contributed by atoms with Crippen LogP contribution in [0.4, 0.5) is 9.18 Å². The molecule has 92 valence electrons. The van der Waals surface area contributed by atoms with E-state index < -0.39 is 17.5 Å². The monoisotopic (exact) mass is 239 g/mol. The number of benzene rings is 1. The van der Waals surface area contributed by atoms with Crippen molar-refractivity contribution in [1.29, 1.82) is 0 Å². The summed E-state index contributed by atoms with van der Waals surface area (Å²) in [6.07, 6.45) is -1.03. The summed E-state index contributed by atoms with van der Waals surface area (Å²) in [6, 6.07) is 4.54. The van der Waals surface area contributed by atoms with E-state index in [2.05, 4.69) is 0 Å². The first kappa shape index (κ1) is 11.7. The van der Waals surface area contributed by atoms with Crippen molar-refractivity contribution in [2.24, 2.45) is 0 Å². The third kappa shape index (κ3) is 2.33. The summed E-state index contributed by atoms with van der Waals surface area (Å²) in [6.45, 7) is 3.83. The summed E-state index contributed by atoms with van der Waals surface area (Å²) in [5.41, 5.74) is -0.191. The van der Waals surface area contributed by atoms with E-state index in [1.54, 1.807) is 26.0 Å². The lowest BCUT2D eigenvalue weighted by Gasteiger charge is -2.27. The molecule has 1 aliphatic rings.